The van der Waals surface area contributed by atoms with Gasteiger partial charge in [0.15, 0.2) is 5.84 Å². The van der Waals surface area contributed by atoms with E-state index in [-0.39, 0.29) is 18.3 Å². The van der Waals surface area contributed by atoms with Gasteiger partial charge in [0.05, 0.1) is 12.8 Å². The number of oxime groups is 1. The Bertz CT molecular complexity index is 450. The van der Waals surface area contributed by atoms with Crippen molar-refractivity contribution in [1.82, 2.24) is 5.32 Å². The van der Waals surface area contributed by atoms with Gasteiger partial charge in [0, 0.05) is 13.2 Å². The van der Waals surface area contributed by atoms with Gasteiger partial charge in [0.2, 0.25) is 5.91 Å². The highest BCUT2D eigenvalue weighted by Crippen LogP contribution is 2.31. The van der Waals surface area contributed by atoms with Crippen molar-refractivity contribution in [2.24, 2.45) is 16.3 Å². The number of amidine groups is 1. The van der Waals surface area contributed by atoms with Gasteiger partial charge >= 0.3 is 0 Å². The van der Waals surface area contributed by atoms with Crippen LogP contribution in [0, 0.1) is 5.41 Å². The number of rotatable bonds is 4. The number of hydrogen-bond acceptors (Lipinski definition) is 5. The lowest BCUT2D eigenvalue weighted by atomic mass is 9.78. The normalized spacial score (nSPS) is 19.1. The Labute approximate surface area is 110 Å². The highest BCUT2D eigenvalue weighted by molar-refractivity contribution is 6.06. The minimum atomic E-state index is -1.00. The number of carbonyl (C=O) groups excluding carboxylic acids is 1. The van der Waals surface area contributed by atoms with E-state index in [4.69, 9.17) is 20.1 Å². The van der Waals surface area contributed by atoms with E-state index in [2.05, 4.69) is 10.5 Å². The molecule has 0 unspecified atom stereocenters. The Morgan fingerprint density at radius 3 is 2.84 bits per heavy atom. The predicted molar refractivity (Wildman–Crippen MR) is 66.4 cm³/mol. The molecule has 1 fully saturated rings. The van der Waals surface area contributed by atoms with Crippen molar-refractivity contribution in [2.45, 2.75) is 19.4 Å². The number of ether oxygens (including phenoxy) is 1. The molecular weight excluding hydrogens is 250 g/mol. The van der Waals surface area contributed by atoms with Gasteiger partial charge in [-0.15, -0.1) is 0 Å². The molecule has 1 saturated heterocycles. The molecule has 1 aromatic heterocycles. The van der Waals surface area contributed by atoms with Gasteiger partial charge in [0.1, 0.15) is 11.2 Å². The van der Waals surface area contributed by atoms with E-state index in [1.54, 1.807) is 12.1 Å². The third-order valence-corrected chi connectivity index (χ3v) is 3.38. The molecular formula is C12H17N3O4. The van der Waals surface area contributed by atoms with Crippen molar-refractivity contribution in [3.05, 3.63) is 24.2 Å². The second-order valence-electron chi connectivity index (χ2n) is 4.44. The molecule has 2 rings (SSSR count). The van der Waals surface area contributed by atoms with E-state index in [1.807, 2.05) is 0 Å². The number of nitrogens with zero attached hydrogens (tertiary/aromatic N) is 1. The molecule has 19 heavy (non-hydrogen) atoms. The number of nitrogens with one attached hydrogen (secondary N) is 1. The van der Waals surface area contributed by atoms with Gasteiger partial charge in [0.25, 0.3) is 0 Å². The largest absolute Gasteiger partial charge is 0.467 e. The maximum atomic E-state index is 12.3. The Hall–Kier alpha value is -2.02. The number of carbonyl (C=O) groups is 1. The predicted octanol–water partition coefficient (Wildman–Crippen LogP) is 0.439. The highest BCUT2D eigenvalue weighted by Gasteiger charge is 2.44. The van der Waals surface area contributed by atoms with Crippen molar-refractivity contribution in [2.75, 3.05) is 13.2 Å². The maximum Gasteiger partial charge on any atom is 0.234 e. The summed E-state index contributed by atoms with van der Waals surface area (Å²) in [4.78, 5) is 12.3. The zero-order valence-electron chi connectivity index (χ0n) is 10.5. The monoisotopic (exact) mass is 267 g/mol. The molecule has 0 saturated carbocycles. The van der Waals surface area contributed by atoms with Crippen LogP contribution < -0.4 is 11.1 Å². The molecule has 7 nitrogen and oxygen atoms in total. The maximum absolute atomic E-state index is 12.3. The summed E-state index contributed by atoms with van der Waals surface area (Å²) in [5.74, 6) is 0.297. The van der Waals surface area contributed by atoms with Crippen LogP contribution in [-0.4, -0.2) is 30.2 Å². The summed E-state index contributed by atoms with van der Waals surface area (Å²) in [5, 5.41) is 14.6. The summed E-state index contributed by atoms with van der Waals surface area (Å²) >= 11 is 0. The average molecular weight is 267 g/mol. The minimum absolute atomic E-state index is 0.0762. The van der Waals surface area contributed by atoms with Crippen molar-refractivity contribution in [1.29, 1.82) is 0 Å². The van der Waals surface area contributed by atoms with E-state index < -0.39 is 5.41 Å². The van der Waals surface area contributed by atoms with E-state index in [9.17, 15) is 4.79 Å². The number of hydrogen-bond donors (Lipinski definition) is 3. The molecule has 0 radical (unpaired) electrons. The van der Waals surface area contributed by atoms with Gasteiger partial charge in [-0.2, -0.15) is 0 Å². The molecule has 1 aromatic rings. The fraction of sp³-hybridized carbons (Fsp3) is 0.500. The number of furan rings is 1. The van der Waals surface area contributed by atoms with Crippen molar-refractivity contribution < 1.29 is 19.2 Å². The summed E-state index contributed by atoms with van der Waals surface area (Å²) < 4.78 is 10.4. The van der Waals surface area contributed by atoms with E-state index in [0.29, 0.717) is 31.8 Å². The molecule has 0 bridgehead atoms. The van der Waals surface area contributed by atoms with Crippen LogP contribution >= 0.6 is 0 Å². The van der Waals surface area contributed by atoms with Crippen LogP contribution in [0.1, 0.15) is 18.6 Å². The van der Waals surface area contributed by atoms with Crippen LogP contribution in [0.2, 0.25) is 0 Å². The summed E-state index contributed by atoms with van der Waals surface area (Å²) in [7, 11) is 0. The second kappa shape index (κ2) is 5.75. The molecule has 0 aromatic carbocycles. The minimum Gasteiger partial charge on any atom is -0.467 e. The molecule has 104 valence electrons. The highest BCUT2D eigenvalue weighted by atomic mass is 16.5. The Morgan fingerprint density at radius 1 is 1.53 bits per heavy atom. The lowest BCUT2D eigenvalue weighted by Crippen LogP contribution is -2.52. The SMILES string of the molecule is NC(=NO)C1(C(=O)NCc2ccco2)CCOCC1. The van der Waals surface area contributed by atoms with Gasteiger partial charge < -0.3 is 25.4 Å². The van der Waals surface area contributed by atoms with Crippen LogP contribution in [-0.2, 0) is 16.1 Å². The first kappa shape index (κ1) is 13.4. The standard InChI is InChI=1S/C12H17N3O4/c13-10(15-17)12(3-6-18-7-4-12)11(16)14-8-9-2-1-5-19-9/h1-2,5,17H,3-4,6-8H2,(H2,13,15)(H,14,16). The molecule has 0 spiro atoms. The third-order valence-electron chi connectivity index (χ3n) is 3.38. The first-order valence-electron chi connectivity index (χ1n) is 6.05. The van der Waals surface area contributed by atoms with Crippen molar-refractivity contribution in [3.8, 4) is 0 Å². The van der Waals surface area contributed by atoms with E-state index in [1.165, 1.54) is 6.26 Å². The summed E-state index contributed by atoms with van der Waals surface area (Å²) in [6.07, 6.45) is 2.33. The van der Waals surface area contributed by atoms with Gasteiger partial charge in [-0.25, -0.2) is 0 Å². The molecule has 1 amide bonds. The molecule has 7 heteroatoms. The zero-order valence-corrected chi connectivity index (χ0v) is 10.5. The molecule has 1 aliphatic rings. The molecule has 0 atom stereocenters. The summed E-state index contributed by atoms with van der Waals surface area (Å²) in [6, 6.07) is 3.51. The lowest BCUT2D eigenvalue weighted by Gasteiger charge is -2.34. The van der Waals surface area contributed by atoms with Gasteiger partial charge in [-0.3, -0.25) is 4.79 Å². The van der Waals surface area contributed by atoms with Crippen molar-refractivity contribution >= 4 is 11.7 Å². The Kier molecular flexibility index (Phi) is 4.06. The van der Waals surface area contributed by atoms with Crippen LogP contribution in [0.5, 0.6) is 0 Å². The third kappa shape index (κ3) is 2.70. The summed E-state index contributed by atoms with van der Waals surface area (Å²) in [6.45, 7) is 1.09. The summed E-state index contributed by atoms with van der Waals surface area (Å²) in [5.41, 5.74) is 4.69. The van der Waals surface area contributed by atoms with Crippen LogP contribution in [0.25, 0.3) is 0 Å². The van der Waals surface area contributed by atoms with Crippen molar-refractivity contribution in [3.63, 3.8) is 0 Å². The quantitative estimate of drug-likeness (QED) is 0.317. The zero-order chi connectivity index (χ0) is 13.7. The molecule has 1 aliphatic heterocycles. The lowest BCUT2D eigenvalue weighted by molar-refractivity contribution is -0.131. The van der Waals surface area contributed by atoms with Crippen LogP contribution in [0.3, 0.4) is 0 Å². The molecule has 2 heterocycles. The average Bonchev–Trinajstić information content (AvgIpc) is 2.97. The number of nitrogens with two attached hydrogens (primary N) is 1. The Balaban J connectivity index is 2.07. The first-order valence-corrected chi connectivity index (χ1v) is 6.05. The topological polar surface area (TPSA) is 110 Å². The molecule has 4 N–H and O–H groups in total. The van der Waals surface area contributed by atoms with E-state index >= 15 is 0 Å². The smallest absolute Gasteiger partial charge is 0.234 e. The first-order chi connectivity index (χ1) is 9.19. The Morgan fingerprint density at radius 2 is 2.26 bits per heavy atom. The van der Waals surface area contributed by atoms with Crippen LogP contribution in [0.4, 0.5) is 0 Å². The van der Waals surface area contributed by atoms with Gasteiger partial charge in [-0.1, -0.05) is 5.16 Å². The van der Waals surface area contributed by atoms with E-state index in [0.717, 1.165) is 0 Å². The second-order valence-corrected chi connectivity index (χ2v) is 4.44. The number of amides is 1. The fourth-order valence-corrected chi connectivity index (χ4v) is 2.16. The fourth-order valence-electron chi connectivity index (χ4n) is 2.16. The van der Waals surface area contributed by atoms with Gasteiger partial charge in [-0.05, 0) is 25.0 Å². The molecule has 0 aliphatic carbocycles. The van der Waals surface area contributed by atoms with Crippen LogP contribution in [0.15, 0.2) is 28.0 Å².